The zero-order valence-electron chi connectivity index (χ0n) is 15.9. The summed E-state index contributed by atoms with van der Waals surface area (Å²) in [4.78, 5) is 9.50. The Hall–Kier alpha value is -4.25. The number of imidazole rings is 1. The third-order valence-electron chi connectivity index (χ3n) is 5.16. The molecule has 0 saturated carbocycles. The van der Waals surface area contributed by atoms with Gasteiger partial charge in [0.25, 0.3) is 11.5 Å². The van der Waals surface area contributed by atoms with Crippen LogP contribution in [0, 0.1) is 0 Å². The highest BCUT2D eigenvalue weighted by atomic mass is 16.3. The van der Waals surface area contributed by atoms with Crippen molar-refractivity contribution in [2.45, 2.75) is 0 Å². The predicted molar refractivity (Wildman–Crippen MR) is 117 cm³/mol. The number of aromatic nitrogens is 4. The fourth-order valence-electron chi connectivity index (χ4n) is 3.75. The van der Waals surface area contributed by atoms with E-state index in [4.69, 9.17) is 14.5 Å². The first-order valence-corrected chi connectivity index (χ1v) is 9.73. The van der Waals surface area contributed by atoms with Crippen molar-refractivity contribution in [1.82, 2.24) is 19.6 Å². The van der Waals surface area contributed by atoms with E-state index in [1.54, 1.807) is 6.26 Å². The van der Waals surface area contributed by atoms with Gasteiger partial charge >= 0.3 is 0 Å². The molecule has 0 saturated heterocycles. The minimum absolute atomic E-state index is 0.477. The molecule has 6 rings (SSSR count). The normalized spacial score (nSPS) is 11.3. The number of furan rings is 1. The Bertz CT molecular complexity index is 1470. The Morgan fingerprint density at radius 3 is 1.90 bits per heavy atom. The molecule has 0 radical (unpaired) electrons. The molecule has 0 aliphatic rings. The molecule has 6 aromatic rings. The summed E-state index contributed by atoms with van der Waals surface area (Å²) in [5.74, 6) is 0.508. The molecule has 0 amide bonds. The summed E-state index contributed by atoms with van der Waals surface area (Å²) in [5.41, 5.74) is 6.94. The zero-order chi connectivity index (χ0) is 19.9. The molecule has 0 aliphatic carbocycles. The Labute approximate surface area is 172 Å². The average Bonchev–Trinajstić information content (AvgIpc) is 3.40. The van der Waals surface area contributed by atoms with Gasteiger partial charge in [-0.25, -0.2) is 4.98 Å². The van der Waals surface area contributed by atoms with E-state index in [9.17, 15) is 0 Å². The van der Waals surface area contributed by atoms with Gasteiger partial charge in [-0.1, -0.05) is 91.0 Å². The summed E-state index contributed by atoms with van der Waals surface area (Å²) in [6.07, 6.45) is 1.71. The largest absolute Gasteiger partial charge is 0.444 e. The van der Waals surface area contributed by atoms with Gasteiger partial charge in [-0.2, -0.15) is 14.6 Å². The van der Waals surface area contributed by atoms with Gasteiger partial charge in [-0.15, -0.1) is 0 Å². The fourth-order valence-corrected chi connectivity index (χ4v) is 3.75. The van der Waals surface area contributed by atoms with Gasteiger partial charge in [-0.05, 0) is 5.56 Å². The number of benzene rings is 3. The van der Waals surface area contributed by atoms with Crippen molar-refractivity contribution in [2.75, 3.05) is 0 Å². The van der Waals surface area contributed by atoms with E-state index in [0.717, 1.165) is 33.6 Å². The summed E-state index contributed by atoms with van der Waals surface area (Å²) in [7, 11) is 0. The minimum Gasteiger partial charge on any atom is -0.444 e. The minimum atomic E-state index is 0.477. The van der Waals surface area contributed by atoms with E-state index >= 15 is 0 Å². The van der Waals surface area contributed by atoms with Crippen molar-refractivity contribution in [1.29, 1.82) is 0 Å². The molecule has 0 bridgehead atoms. The molecule has 0 N–H and O–H groups in total. The van der Waals surface area contributed by atoms with Crippen molar-refractivity contribution in [3.8, 4) is 33.6 Å². The second-order valence-electron chi connectivity index (χ2n) is 7.03. The Kier molecular flexibility index (Phi) is 3.71. The lowest BCUT2D eigenvalue weighted by Crippen LogP contribution is -1.97. The van der Waals surface area contributed by atoms with Gasteiger partial charge in [0.05, 0.1) is 5.56 Å². The molecule has 0 atom stereocenters. The van der Waals surface area contributed by atoms with Gasteiger partial charge in [0.2, 0.25) is 0 Å². The number of rotatable bonds is 3. The van der Waals surface area contributed by atoms with Crippen LogP contribution in [-0.2, 0) is 0 Å². The molecule has 3 aromatic heterocycles. The second kappa shape index (κ2) is 6.67. The molecule has 0 fully saturated rings. The first kappa shape index (κ1) is 16.7. The summed E-state index contributed by atoms with van der Waals surface area (Å²) in [6, 6.07) is 30.3. The third kappa shape index (κ3) is 2.60. The maximum Gasteiger partial charge on any atom is 0.255 e. The van der Waals surface area contributed by atoms with E-state index in [-0.39, 0.29) is 0 Å². The van der Waals surface area contributed by atoms with E-state index in [2.05, 4.69) is 17.1 Å². The molecule has 5 nitrogen and oxygen atoms in total. The van der Waals surface area contributed by atoms with Crippen molar-refractivity contribution < 1.29 is 4.42 Å². The van der Waals surface area contributed by atoms with E-state index in [0.29, 0.717) is 17.0 Å². The molecule has 142 valence electrons. The highest BCUT2D eigenvalue weighted by Gasteiger charge is 2.20. The number of hydrogen-bond donors (Lipinski definition) is 0. The molecule has 3 heterocycles. The highest BCUT2D eigenvalue weighted by molar-refractivity contribution is 5.90. The predicted octanol–water partition coefficient (Wildman–Crippen LogP) is 5.87. The number of hydrogen-bond acceptors (Lipinski definition) is 4. The Morgan fingerprint density at radius 2 is 1.23 bits per heavy atom. The van der Waals surface area contributed by atoms with Gasteiger partial charge in [0.15, 0.2) is 5.52 Å². The zero-order valence-corrected chi connectivity index (χ0v) is 15.9. The molecule has 30 heavy (non-hydrogen) atoms. The highest BCUT2D eigenvalue weighted by Crippen LogP contribution is 2.34. The Morgan fingerprint density at radius 1 is 0.633 bits per heavy atom. The van der Waals surface area contributed by atoms with Crippen LogP contribution >= 0.6 is 0 Å². The van der Waals surface area contributed by atoms with Gasteiger partial charge < -0.3 is 4.42 Å². The molecule has 5 heteroatoms. The standard InChI is InChI=1S/C25H16N4O/c1-4-10-17(11-5-1)20-16-30-24-22(20)28-29-23(19-14-8-3-9-15-19)21(26-25(29)27-24)18-12-6-2-7-13-18/h1-16H. The summed E-state index contributed by atoms with van der Waals surface area (Å²) < 4.78 is 7.57. The van der Waals surface area contributed by atoms with Crippen molar-refractivity contribution in [2.24, 2.45) is 0 Å². The second-order valence-corrected chi connectivity index (χ2v) is 7.03. The number of nitrogens with zero attached hydrogens (tertiary/aromatic N) is 4. The smallest absolute Gasteiger partial charge is 0.255 e. The fraction of sp³-hybridized carbons (Fsp3) is 0. The van der Waals surface area contributed by atoms with Crippen LogP contribution in [0.5, 0.6) is 0 Å². The lowest BCUT2D eigenvalue weighted by molar-refractivity contribution is 0.602. The van der Waals surface area contributed by atoms with E-state index in [1.807, 2.05) is 83.4 Å². The lowest BCUT2D eigenvalue weighted by atomic mass is 10.1. The summed E-state index contributed by atoms with van der Waals surface area (Å²) in [5, 5.41) is 4.93. The monoisotopic (exact) mass is 388 g/mol. The van der Waals surface area contributed by atoms with Crippen LogP contribution in [0.25, 0.3) is 50.6 Å². The van der Waals surface area contributed by atoms with Crippen LogP contribution in [0.2, 0.25) is 0 Å². The third-order valence-corrected chi connectivity index (χ3v) is 5.16. The van der Waals surface area contributed by atoms with Crippen LogP contribution in [-0.4, -0.2) is 19.6 Å². The van der Waals surface area contributed by atoms with Gasteiger partial charge in [-0.3, -0.25) is 0 Å². The van der Waals surface area contributed by atoms with E-state index in [1.165, 1.54) is 0 Å². The first-order valence-electron chi connectivity index (χ1n) is 9.73. The first-order chi connectivity index (χ1) is 14.9. The summed E-state index contributed by atoms with van der Waals surface area (Å²) >= 11 is 0. The molecule has 3 aromatic carbocycles. The van der Waals surface area contributed by atoms with Crippen molar-refractivity contribution in [3.63, 3.8) is 0 Å². The van der Waals surface area contributed by atoms with Crippen LogP contribution in [0.3, 0.4) is 0 Å². The van der Waals surface area contributed by atoms with Gasteiger partial charge in [0, 0.05) is 11.1 Å². The van der Waals surface area contributed by atoms with E-state index < -0.39 is 0 Å². The average molecular weight is 388 g/mol. The maximum absolute atomic E-state index is 5.75. The SMILES string of the molecule is c1ccc(-c2nc3nc4occ(-c5ccccc5)c4nn3c2-c2ccccc2)cc1. The van der Waals surface area contributed by atoms with Crippen LogP contribution in [0.15, 0.2) is 102 Å². The van der Waals surface area contributed by atoms with Crippen LogP contribution in [0.1, 0.15) is 0 Å². The lowest BCUT2D eigenvalue weighted by Gasteiger charge is -2.05. The molecule has 0 spiro atoms. The van der Waals surface area contributed by atoms with Crippen LogP contribution in [0.4, 0.5) is 0 Å². The summed E-state index contributed by atoms with van der Waals surface area (Å²) in [6.45, 7) is 0. The van der Waals surface area contributed by atoms with Crippen molar-refractivity contribution >= 4 is 17.0 Å². The molecular formula is C25H16N4O. The molecular weight excluding hydrogens is 372 g/mol. The van der Waals surface area contributed by atoms with Gasteiger partial charge in [0.1, 0.15) is 17.7 Å². The number of fused-ring (bicyclic) bond motifs is 2. The quantitative estimate of drug-likeness (QED) is 0.380. The molecule has 0 unspecified atom stereocenters. The molecule has 0 aliphatic heterocycles. The van der Waals surface area contributed by atoms with Crippen molar-refractivity contribution in [3.05, 3.63) is 97.3 Å². The topological polar surface area (TPSA) is 56.2 Å². The Balaban J connectivity index is 1.68. The maximum atomic E-state index is 5.75. The van der Waals surface area contributed by atoms with Crippen LogP contribution < -0.4 is 0 Å².